The van der Waals surface area contributed by atoms with Gasteiger partial charge in [0.1, 0.15) is 0 Å². The first-order chi connectivity index (χ1) is 9.92. The van der Waals surface area contributed by atoms with Crippen LogP contribution in [0.2, 0.25) is 0 Å². The van der Waals surface area contributed by atoms with Crippen molar-refractivity contribution < 1.29 is 18.0 Å². The second-order valence-electron chi connectivity index (χ2n) is 4.26. The summed E-state index contributed by atoms with van der Waals surface area (Å²) in [5, 5.41) is 5.08. The molecule has 0 saturated carbocycles. The lowest BCUT2D eigenvalue weighted by Gasteiger charge is -2.12. The molecule has 4 nitrogen and oxygen atoms in total. The molecule has 0 heterocycles. The number of anilines is 3. The van der Waals surface area contributed by atoms with Crippen LogP contribution < -0.4 is 16.4 Å². The third-order valence-electron chi connectivity index (χ3n) is 2.78. The molecule has 0 saturated heterocycles. The summed E-state index contributed by atoms with van der Waals surface area (Å²) in [7, 11) is 1.44. The molecule has 0 aromatic heterocycles. The lowest BCUT2D eigenvalue weighted by Crippen LogP contribution is -2.19. The fourth-order valence-corrected chi connectivity index (χ4v) is 1.78. The van der Waals surface area contributed by atoms with Crippen molar-refractivity contribution in [1.82, 2.24) is 5.32 Å². The van der Waals surface area contributed by atoms with Crippen LogP contribution in [0.15, 0.2) is 30.3 Å². The minimum absolute atomic E-state index is 0.0397. The zero-order valence-corrected chi connectivity index (χ0v) is 11.0. The van der Waals surface area contributed by atoms with E-state index in [0.717, 1.165) is 12.1 Å². The molecule has 2 aromatic rings. The number of carbonyl (C=O) groups excluding carboxylic acids is 1. The van der Waals surface area contributed by atoms with Gasteiger partial charge in [0, 0.05) is 30.6 Å². The van der Waals surface area contributed by atoms with E-state index in [1.807, 2.05) is 0 Å². The number of amides is 1. The Bertz CT molecular complexity index is 681. The number of nitrogen functional groups attached to an aromatic ring is 1. The van der Waals surface area contributed by atoms with Crippen LogP contribution in [0.25, 0.3) is 0 Å². The summed E-state index contributed by atoms with van der Waals surface area (Å²) >= 11 is 0. The molecular formula is C14H12F3N3O. The summed E-state index contributed by atoms with van der Waals surface area (Å²) in [6.45, 7) is 0. The summed E-state index contributed by atoms with van der Waals surface area (Å²) in [4.78, 5) is 11.7. The maximum absolute atomic E-state index is 13.2. The lowest BCUT2D eigenvalue weighted by molar-refractivity contribution is 0.0964. The molecule has 0 aliphatic carbocycles. The number of benzene rings is 2. The molecule has 2 rings (SSSR count). The highest BCUT2D eigenvalue weighted by Crippen LogP contribution is 2.25. The monoisotopic (exact) mass is 295 g/mol. The van der Waals surface area contributed by atoms with Crippen LogP contribution in [0.5, 0.6) is 0 Å². The predicted octanol–water partition coefficient (Wildman–Crippen LogP) is 2.79. The van der Waals surface area contributed by atoms with Crippen LogP contribution in [0.3, 0.4) is 0 Å². The van der Waals surface area contributed by atoms with E-state index in [9.17, 15) is 18.0 Å². The second-order valence-corrected chi connectivity index (χ2v) is 4.26. The maximum atomic E-state index is 13.2. The summed E-state index contributed by atoms with van der Waals surface area (Å²) in [6.07, 6.45) is 0. The first-order valence-corrected chi connectivity index (χ1v) is 5.95. The number of halogens is 3. The Morgan fingerprint density at radius 1 is 1.10 bits per heavy atom. The van der Waals surface area contributed by atoms with Crippen LogP contribution in [0.4, 0.5) is 30.2 Å². The van der Waals surface area contributed by atoms with Crippen molar-refractivity contribution >= 4 is 23.0 Å². The molecule has 0 aliphatic rings. The van der Waals surface area contributed by atoms with Crippen molar-refractivity contribution in [2.75, 3.05) is 18.1 Å². The topological polar surface area (TPSA) is 67.2 Å². The van der Waals surface area contributed by atoms with Crippen molar-refractivity contribution in [3.8, 4) is 0 Å². The van der Waals surface area contributed by atoms with E-state index in [0.29, 0.717) is 5.69 Å². The van der Waals surface area contributed by atoms with Gasteiger partial charge < -0.3 is 16.4 Å². The molecule has 0 radical (unpaired) electrons. The molecule has 7 heteroatoms. The fraction of sp³-hybridized carbons (Fsp3) is 0.0714. The number of hydrogen-bond acceptors (Lipinski definition) is 3. The van der Waals surface area contributed by atoms with Crippen LogP contribution >= 0.6 is 0 Å². The summed E-state index contributed by atoms with van der Waals surface area (Å²) in [5.74, 6) is -4.62. The summed E-state index contributed by atoms with van der Waals surface area (Å²) in [6, 6.07) is 5.99. The van der Waals surface area contributed by atoms with E-state index >= 15 is 0 Å². The first-order valence-electron chi connectivity index (χ1n) is 5.95. The highest BCUT2D eigenvalue weighted by Gasteiger charge is 2.14. The van der Waals surface area contributed by atoms with Crippen LogP contribution in [0, 0.1) is 17.5 Å². The highest BCUT2D eigenvalue weighted by atomic mass is 19.2. The van der Waals surface area contributed by atoms with Crippen LogP contribution in [-0.4, -0.2) is 13.0 Å². The standard InChI is InChI=1S/C14H12F3N3O/c1-19-14(21)9-3-2-7(18)4-12(9)20-8-5-10(15)13(17)11(16)6-8/h2-6,20H,18H2,1H3,(H,19,21). The van der Waals surface area contributed by atoms with Gasteiger partial charge in [-0.25, -0.2) is 13.2 Å². The molecule has 0 fully saturated rings. The van der Waals surface area contributed by atoms with Gasteiger partial charge in [-0.15, -0.1) is 0 Å². The van der Waals surface area contributed by atoms with E-state index in [2.05, 4.69) is 10.6 Å². The Kier molecular flexibility index (Phi) is 4.02. The molecule has 1 amide bonds. The average molecular weight is 295 g/mol. The van der Waals surface area contributed by atoms with E-state index in [1.165, 1.54) is 25.2 Å². The van der Waals surface area contributed by atoms with E-state index in [1.54, 1.807) is 0 Å². The smallest absolute Gasteiger partial charge is 0.253 e. The first kappa shape index (κ1) is 14.7. The van der Waals surface area contributed by atoms with Crippen LogP contribution in [-0.2, 0) is 0 Å². The molecule has 0 bridgehead atoms. The van der Waals surface area contributed by atoms with Gasteiger partial charge in [0.15, 0.2) is 17.5 Å². The van der Waals surface area contributed by atoms with Gasteiger partial charge in [0.2, 0.25) is 0 Å². The highest BCUT2D eigenvalue weighted by molar-refractivity contribution is 6.00. The number of nitrogens with two attached hydrogens (primary N) is 1. The van der Waals surface area contributed by atoms with Crippen molar-refractivity contribution in [2.24, 2.45) is 0 Å². The molecule has 4 N–H and O–H groups in total. The normalized spacial score (nSPS) is 10.3. The second kappa shape index (κ2) is 5.74. The zero-order chi connectivity index (χ0) is 15.6. The third-order valence-corrected chi connectivity index (χ3v) is 2.78. The van der Waals surface area contributed by atoms with Crippen molar-refractivity contribution in [3.05, 3.63) is 53.3 Å². The quantitative estimate of drug-likeness (QED) is 0.602. The Hall–Kier alpha value is -2.70. The number of rotatable bonds is 3. The van der Waals surface area contributed by atoms with Crippen LogP contribution in [0.1, 0.15) is 10.4 Å². The molecule has 0 spiro atoms. The van der Waals surface area contributed by atoms with Gasteiger partial charge in [0.25, 0.3) is 5.91 Å². The molecule has 21 heavy (non-hydrogen) atoms. The average Bonchev–Trinajstić information content (AvgIpc) is 2.44. The SMILES string of the molecule is CNC(=O)c1ccc(N)cc1Nc1cc(F)c(F)c(F)c1. The Morgan fingerprint density at radius 2 is 1.71 bits per heavy atom. The van der Waals surface area contributed by atoms with E-state index in [4.69, 9.17) is 5.73 Å². The minimum Gasteiger partial charge on any atom is -0.399 e. The van der Waals surface area contributed by atoms with Gasteiger partial charge in [-0.2, -0.15) is 0 Å². The minimum atomic E-state index is -1.56. The number of carbonyl (C=O) groups is 1. The maximum Gasteiger partial charge on any atom is 0.253 e. The molecule has 0 aliphatic heterocycles. The molecule has 0 atom stereocenters. The molecular weight excluding hydrogens is 283 g/mol. The Labute approximate surface area is 118 Å². The Morgan fingerprint density at radius 3 is 2.29 bits per heavy atom. The fourth-order valence-electron chi connectivity index (χ4n) is 1.78. The number of hydrogen-bond donors (Lipinski definition) is 3. The zero-order valence-electron chi connectivity index (χ0n) is 11.0. The predicted molar refractivity (Wildman–Crippen MR) is 73.8 cm³/mol. The van der Waals surface area contributed by atoms with Crippen molar-refractivity contribution in [3.63, 3.8) is 0 Å². The van der Waals surface area contributed by atoms with Gasteiger partial charge in [-0.3, -0.25) is 4.79 Å². The van der Waals surface area contributed by atoms with Gasteiger partial charge >= 0.3 is 0 Å². The van der Waals surface area contributed by atoms with Gasteiger partial charge in [0.05, 0.1) is 11.3 Å². The number of nitrogens with one attached hydrogen (secondary N) is 2. The Balaban J connectivity index is 2.43. The molecule has 110 valence electrons. The molecule has 0 unspecified atom stereocenters. The summed E-state index contributed by atoms with van der Waals surface area (Å²) in [5.41, 5.74) is 6.42. The largest absolute Gasteiger partial charge is 0.399 e. The lowest BCUT2D eigenvalue weighted by atomic mass is 10.1. The molecule has 2 aromatic carbocycles. The van der Waals surface area contributed by atoms with E-state index in [-0.39, 0.29) is 16.9 Å². The summed E-state index contributed by atoms with van der Waals surface area (Å²) < 4.78 is 39.3. The van der Waals surface area contributed by atoms with Crippen molar-refractivity contribution in [2.45, 2.75) is 0 Å². The third kappa shape index (κ3) is 3.07. The van der Waals surface area contributed by atoms with E-state index < -0.39 is 23.4 Å². The van der Waals surface area contributed by atoms with Gasteiger partial charge in [-0.05, 0) is 18.2 Å². The van der Waals surface area contributed by atoms with Crippen molar-refractivity contribution in [1.29, 1.82) is 0 Å². The van der Waals surface area contributed by atoms with Gasteiger partial charge in [-0.1, -0.05) is 0 Å².